The maximum absolute atomic E-state index is 11.5. The molecule has 30 heavy (non-hydrogen) atoms. The first-order valence-corrected chi connectivity index (χ1v) is 11.5. The van der Waals surface area contributed by atoms with Crippen molar-refractivity contribution in [3.63, 3.8) is 0 Å². The number of aryl methyl sites for hydroxylation is 3. The number of alkyl halides is 3. The fourth-order valence-electron chi connectivity index (χ4n) is 2.55. The molecule has 0 aliphatic rings. The number of ether oxygens (including phenoxy) is 2. The van der Waals surface area contributed by atoms with Gasteiger partial charge in [-0.1, -0.05) is 17.7 Å². The highest BCUT2D eigenvalue weighted by molar-refractivity contribution is 7.97. The summed E-state index contributed by atoms with van der Waals surface area (Å²) in [6, 6.07) is 4.30. The predicted molar refractivity (Wildman–Crippen MR) is 105 cm³/mol. The van der Waals surface area contributed by atoms with Gasteiger partial charge in [-0.25, -0.2) is 8.42 Å². The average molecular weight is 475 g/mol. The molecule has 1 rings (SSSR count). The van der Waals surface area contributed by atoms with Gasteiger partial charge >= 0.3 is 17.4 Å². The van der Waals surface area contributed by atoms with Crippen LogP contribution in [0, 0.1) is 20.8 Å². The zero-order chi connectivity index (χ0) is 23.7. The minimum atomic E-state index is -6.09. The summed E-state index contributed by atoms with van der Waals surface area (Å²) in [7, 11) is -3.46. The van der Waals surface area contributed by atoms with Crippen LogP contribution in [0.25, 0.3) is 0 Å². The first-order valence-electron chi connectivity index (χ1n) is 8.55. The van der Waals surface area contributed by atoms with Crippen LogP contribution in [-0.2, 0) is 40.1 Å². The molecule has 1 aromatic carbocycles. The average Bonchev–Trinajstić information content (AvgIpc) is 2.60. The summed E-state index contributed by atoms with van der Waals surface area (Å²) in [5.41, 5.74) is -1.98. The van der Waals surface area contributed by atoms with Gasteiger partial charge in [0.2, 0.25) is 0 Å². The van der Waals surface area contributed by atoms with Gasteiger partial charge in [-0.2, -0.15) is 13.2 Å². The van der Waals surface area contributed by atoms with Gasteiger partial charge in [0.1, 0.15) is 11.5 Å². The lowest BCUT2D eigenvalue weighted by molar-refractivity contribution is -0.140. The topological polar surface area (TPSA) is 110 Å². The molecule has 0 unspecified atom stereocenters. The largest absolute Gasteiger partial charge is 0.741 e. The van der Waals surface area contributed by atoms with Gasteiger partial charge in [-0.3, -0.25) is 9.59 Å². The first kappa shape index (κ1) is 28.2. The highest BCUT2D eigenvalue weighted by atomic mass is 32.2. The van der Waals surface area contributed by atoms with Gasteiger partial charge < -0.3 is 14.0 Å². The van der Waals surface area contributed by atoms with Crippen LogP contribution in [0.1, 0.15) is 29.5 Å². The fraction of sp³-hybridized carbons (Fsp3) is 0.556. The third-order valence-electron chi connectivity index (χ3n) is 3.74. The summed E-state index contributed by atoms with van der Waals surface area (Å²) >= 11 is 0. The quantitative estimate of drug-likeness (QED) is 0.259. The molecule has 0 radical (unpaired) electrons. The molecule has 0 aliphatic carbocycles. The third-order valence-corrected chi connectivity index (χ3v) is 6.92. The lowest BCUT2D eigenvalue weighted by atomic mass is 10.1. The van der Waals surface area contributed by atoms with Gasteiger partial charge in [-0.05, 0) is 20.8 Å². The minimum absolute atomic E-state index is 0.165. The molecule has 0 aliphatic heterocycles. The van der Waals surface area contributed by atoms with E-state index in [9.17, 15) is 22.8 Å². The number of rotatable bonds is 7. The van der Waals surface area contributed by atoms with E-state index in [1.165, 1.54) is 35.8 Å². The molecule has 0 N–H and O–H groups in total. The minimum Gasteiger partial charge on any atom is -0.741 e. The van der Waals surface area contributed by atoms with Crippen molar-refractivity contribution >= 4 is 33.0 Å². The van der Waals surface area contributed by atoms with Crippen LogP contribution in [-0.4, -0.2) is 56.1 Å². The summed E-state index contributed by atoms with van der Waals surface area (Å²) in [5, 5.41) is 0. The maximum Gasteiger partial charge on any atom is 0.485 e. The number of esters is 2. The van der Waals surface area contributed by atoms with Crippen molar-refractivity contribution in [1.29, 1.82) is 0 Å². The Bertz CT molecular complexity index is 794. The summed E-state index contributed by atoms with van der Waals surface area (Å²) < 4.78 is 68.4. The molecular formula is C18H25F3O7S2. The number of carbonyl (C=O) groups excluding carboxylic acids is 2. The van der Waals surface area contributed by atoms with Crippen LogP contribution < -0.4 is 0 Å². The third kappa shape index (κ3) is 9.81. The molecule has 0 saturated carbocycles. The molecule has 12 heteroatoms. The molecule has 172 valence electrons. The van der Waals surface area contributed by atoms with Crippen molar-refractivity contribution in [2.24, 2.45) is 0 Å². The van der Waals surface area contributed by atoms with Crippen molar-refractivity contribution in [1.82, 2.24) is 0 Å². The van der Waals surface area contributed by atoms with Crippen molar-refractivity contribution in [3.05, 3.63) is 28.8 Å². The van der Waals surface area contributed by atoms with Crippen LogP contribution in [0.3, 0.4) is 0 Å². The Labute approximate surface area is 177 Å². The number of methoxy groups -OCH3 is 2. The summed E-state index contributed by atoms with van der Waals surface area (Å²) in [6.07, 6.45) is 0.737. The zero-order valence-corrected chi connectivity index (χ0v) is 18.9. The highest BCUT2D eigenvalue weighted by Gasteiger charge is 2.37. The Kier molecular flexibility index (Phi) is 11.4. The van der Waals surface area contributed by atoms with E-state index in [4.69, 9.17) is 22.4 Å². The van der Waals surface area contributed by atoms with Crippen LogP contribution in [0.5, 0.6) is 0 Å². The van der Waals surface area contributed by atoms with E-state index in [-0.39, 0.29) is 22.8 Å². The van der Waals surface area contributed by atoms with Gasteiger partial charge in [0.05, 0.1) is 27.1 Å². The molecule has 0 heterocycles. The van der Waals surface area contributed by atoms with Gasteiger partial charge in [0.25, 0.3) is 0 Å². The molecule has 0 aromatic heterocycles. The predicted octanol–water partition coefficient (Wildman–Crippen LogP) is 2.77. The molecule has 0 saturated heterocycles. The summed E-state index contributed by atoms with van der Waals surface area (Å²) in [6.45, 7) is 6.25. The molecule has 0 spiro atoms. The standard InChI is InChI=1S/C17H25O4S.CHF3O3S/c1-12-10-13(2)17(14(3)11-12)22(8-6-15(18)20-4)9-7-16(19)21-5;2-1(3,4)8(5,6)7/h10-11H,6-9H2,1-5H3;(H,5,6,7)/q+1;/p-1. The number of carbonyl (C=O) groups is 2. The second-order valence-electron chi connectivity index (χ2n) is 6.18. The monoisotopic (exact) mass is 474 g/mol. The summed E-state index contributed by atoms with van der Waals surface area (Å²) in [4.78, 5) is 24.2. The SMILES string of the molecule is COC(=O)CC[S+](CCC(=O)OC)c1c(C)cc(C)cc1C.O=S(=O)([O-])C(F)(F)F. The molecule has 0 amide bonds. The fourth-order valence-corrected chi connectivity index (χ4v) is 5.01. The molecule has 7 nitrogen and oxygen atoms in total. The van der Waals surface area contributed by atoms with E-state index in [0.717, 1.165) is 0 Å². The smallest absolute Gasteiger partial charge is 0.485 e. The molecular weight excluding hydrogens is 449 g/mol. The Balaban J connectivity index is 0.000000890. The van der Waals surface area contributed by atoms with Crippen molar-refractivity contribution < 1.29 is 45.2 Å². The van der Waals surface area contributed by atoms with E-state index in [1.54, 1.807) is 0 Å². The van der Waals surface area contributed by atoms with Crippen LogP contribution in [0.15, 0.2) is 17.0 Å². The maximum atomic E-state index is 11.5. The van der Waals surface area contributed by atoms with Crippen molar-refractivity contribution in [2.75, 3.05) is 25.7 Å². The van der Waals surface area contributed by atoms with E-state index in [0.29, 0.717) is 24.3 Å². The van der Waals surface area contributed by atoms with Gasteiger partial charge in [-0.15, -0.1) is 0 Å². The second kappa shape index (κ2) is 12.2. The number of halogens is 3. The Morgan fingerprint density at radius 2 is 1.30 bits per heavy atom. The highest BCUT2D eigenvalue weighted by Crippen LogP contribution is 2.26. The molecule has 0 bridgehead atoms. The normalized spacial score (nSPS) is 11.5. The second-order valence-corrected chi connectivity index (χ2v) is 9.76. The summed E-state index contributed by atoms with van der Waals surface area (Å²) in [5.74, 6) is 0.985. The molecule has 0 atom stereocenters. The van der Waals surface area contributed by atoms with E-state index in [2.05, 4.69) is 32.9 Å². The van der Waals surface area contributed by atoms with Crippen LogP contribution in [0.2, 0.25) is 0 Å². The Hall–Kier alpha value is -1.79. The Morgan fingerprint density at radius 3 is 1.57 bits per heavy atom. The van der Waals surface area contributed by atoms with Gasteiger partial charge in [0, 0.05) is 22.0 Å². The molecule has 1 aromatic rings. The number of benzene rings is 1. The lowest BCUT2D eigenvalue weighted by Gasteiger charge is -2.13. The van der Waals surface area contributed by atoms with E-state index < -0.39 is 15.6 Å². The van der Waals surface area contributed by atoms with E-state index in [1.807, 2.05) is 0 Å². The van der Waals surface area contributed by atoms with Crippen LogP contribution in [0.4, 0.5) is 13.2 Å². The number of hydrogen-bond donors (Lipinski definition) is 0. The van der Waals surface area contributed by atoms with E-state index >= 15 is 0 Å². The van der Waals surface area contributed by atoms with Gasteiger partial charge in [0.15, 0.2) is 15.0 Å². The zero-order valence-electron chi connectivity index (χ0n) is 17.3. The first-order chi connectivity index (χ1) is 13.6. The van der Waals surface area contributed by atoms with Crippen LogP contribution >= 0.6 is 0 Å². The lowest BCUT2D eigenvalue weighted by Crippen LogP contribution is -2.21. The van der Waals surface area contributed by atoms with Crippen molar-refractivity contribution in [2.45, 2.75) is 44.0 Å². The Morgan fingerprint density at radius 1 is 0.967 bits per heavy atom. The van der Waals surface area contributed by atoms with Crippen molar-refractivity contribution in [3.8, 4) is 0 Å². The number of hydrogen-bond acceptors (Lipinski definition) is 7. The molecule has 0 fully saturated rings.